The second-order valence-electron chi connectivity index (χ2n) is 8.74. The molecule has 1 saturated heterocycles. The quantitative estimate of drug-likeness (QED) is 0.519. The summed E-state index contributed by atoms with van der Waals surface area (Å²) in [5, 5.41) is 1.69. The molecule has 3 rings (SSSR count). The number of aromatic nitrogens is 2. The third-order valence-electron chi connectivity index (χ3n) is 5.41. The second kappa shape index (κ2) is 9.44. The molecule has 0 radical (unpaired) electrons. The lowest BCUT2D eigenvalue weighted by Gasteiger charge is -2.29. The van der Waals surface area contributed by atoms with Gasteiger partial charge in [0, 0.05) is 30.8 Å². The number of nitrogens with one attached hydrogen (secondary N) is 1. The van der Waals surface area contributed by atoms with Gasteiger partial charge in [-0.15, -0.1) is 5.06 Å². The molecular formula is C23H33N3O3. The van der Waals surface area contributed by atoms with Crippen molar-refractivity contribution in [1.82, 2.24) is 15.0 Å². The van der Waals surface area contributed by atoms with Crippen LogP contribution in [0, 0.1) is 0 Å². The molecule has 0 atom stereocenters. The van der Waals surface area contributed by atoms with E-state index in [0.29, 0.717) is 25.6 Å². The molecule has 2 aromatic rings. The third-order valence-corrected chi connectivity index (χ3v) is 5.41. The Hall–Kier alpha value is -2.34. The van der Waals surface area contributed by atoms with E-state index >= 15 is 0 Å². The monoisotopic (exact) mass is 399 g/mol. The van der Waals surface area contributed by atoms with Crippen LogP contribution >= 0.6 is 0 Å². The maximum Gasteiger partial charge on any atom is 0.527 e. The number of hydroxylamine groups is 2. The predicted octanol–water partition coefficient (Wildman–Crippen LogP) is 5.42. The van der Waals surface area contributed by atoms with E-state index in [1.165, 1.54) is 5.56 Å². The third kappa shape index (κ3) is 5.82. The zero-order chi connectivity index (χ0) is 20.9. The maximum atomic E-state index is 11.7. The van der Waals surface area contributed by atoms with Gasteiger partial charge in [-0.05, 0) is 30.2 Å². The summed E-state index contributed by atoms with van der Waals surface area (Å²) in [7, 11) is 0. The van der Waals surface area contributed by atoms with Crippen LogP contribution in [0.4, 0.5) is 4.79 Å². The van der Waals surface area contributed by atoms with Crippen molar-refractivity contribution in [2.24, 2.45) is 0 Å². The highest BCUT2D eigenvalue weighted by Crippen LogP contribution is 2.29. The molecule has 1 aliphatic heterocycles. The van der Waals surface area contributed by atoms with Gasteiger partial charge in [-0.2, -0.15) is 0 Å². The van der Waals surface area contributed by atoms with Crippen LogP contribution < -0.4 is 0 Å². The molecule has 0 amide bonds. The summed E-state index contributed by atoms with van der Waals surface area (Å²) in [4.78, 5) is 25.1. The van der Waals surface area contributed by atoms with Gasteiger partial charge in [0.2, 0.25) is 0 Å². The fourth-order valence-corrected chi connectivity index (χ4v) is 3.49. The van der Waals surface area contributed by atoms with Crippen LogP contribution in [0.2, 0.25) is 0 Å². The Bertz CT molecular complexity index is 784. The first-order valence-electron chi connectivity index (χ1n) is 10.6. The Morgan fingerprint density at radius 1 is 1.21 bits per heavy atom. The predicted molar refractivity (Wildman–Crippen MR) is 114 cm³/mol. The molecule has 1 fully saturated rings. The molecule has 0 saturated carbocycles. The average molecular weight is 400 g/mol. The number of nitrogens with zero attached hydrogens (tertiary/aromatic N) is 2. The summed E-state index contributed by atoms with van der Waals surface area (Å²) >= 11 is 0. The van der Waals surface area contributed by atoms with Crippen molar-refractivity contribution >= 4 is 6.16 Å². The van der Waals surface area contributed by atoms with Crippen LogP contribution in [0.5, 0.6) is 0 Å². The van der Waals surface area contributed by atoms with Crippen molar-refractivity contribution in [2.45, 2.75) is 64.7 Å². The first-order valence-corrected chi connectivity index (χ1v) is 10.6. The van der Waals surface area contributed by atoms with Crippen LogP contribution in [0.3, 0.4) is 0 Å². The fraction of sp³-hybridized carbons (Fsp3) is 0.565. The van der Waals surface area contributed by atoms with Crippen molar-refractivity contribution in [3.05, 3.63) is 41.9 Å². The molecule has 0 aliphatic carbocycles. The number of benzene rings is 1. The van der Waals surface area contributed by atoms with E-state index in [9.17, 15) is 4.79 Å². The number of carbonyl (C=O) groups excluding carboxylic acids is 1. The number of rotatable bonds is 6. The minimum absolute atomic E-state index is 0.147. The van der Waals surface area contributed by atoms with E-state index in [1.807, 2.05) is 6.20 Å². The minimum Gasteiger partial charge on any atom is -0.433 e. The number of hydrogen-bond acceptors (Lipinski definition) is 5. The van der Waals surface area contributed by atoms with Gasteiger partial charge >= 0.3 is 6.16 Å². The highest BCUT2D eigenvalue weighted by Gasteiger charge is 2.25. The zero-order valence-corrected chi connectivity index (χ0v) is 18.0. The van der Waals surface area contributed by atoms with Crippen molar-refractivity contribution in [2.75, 3.05) is 19.7 Å². The van der Waals surface area contributed by atoms with Gasteiger partial charge in [0.15, 0.2) is 0 Å². The lowest BCUT2D eigenvalue weighted by Crippen LogP contribution is -2.35. The summed E-state index contributed by atoms with van der Waals surface area (Å²) < 4.78 is 5.06. The average Bonchev–Trinajstić information content (AvgIpc) is 3.18. The van der Waals surface area contributed by atoms with Gasteiger partial charge in [-0.3, -0.25) is 0 Å². The van der Waals surface area contributed by atoms with Crippen molar-refractivity contribution in [3.63, 3.8) is 0 Å². The number of piperidine rings is 1. The SMILES string of the molecule is CCCCOC(=O)ON1CCC(c2nc(-c3ccc(C(C)(C)C)cc3)c[nH]2)CC1. The van der Waals surface area contributed by atoms with Gasteiger partial charge in [0.05, 0.1) is 12.3 Å². The molecule has 1 aromatic carbocycles. The smallest absolute Gasteiger partial charge is 0.433 e. The second-order valence-corrected chi connectivity index (χ2v) is 8.74. The van der Waals surface area contributed by atoms with Gasteiger partial charge in [-0.25, -0.2) is 9.78 Å². The number of aromatic amines is 1. The molecule has 6 nitrogen and oxygen atoms in total. The number of ether oxygens (including phenoxy) is 1. The van der Waals surface area contributed by atoms with Crippen LogP contribution in [-0.4, -0.2) is 40.9 Å². The molecule has 29 heavy (non-hydrogen) atoms. The van der Waals surface area contributed by atoms with E-state index in [-0.39, 0.29) is 5.41 Å². The van der Waals surface area contributed by atoms with E-state index in [2.05, 4.69) is 56.9 Å². The number of H-pyrrole nitrogens is 1. The normalized spacial score (nSPS) is 16.0. The van der Waals surface area contributed by atoms with Crippen molar-refractivity contribution in [3.8, 4) is 11.3 Å². The van der Waals surface area contributed by atoms with Gasteiger partial charge in [-0.1, -0.05) is 58.4 Å². The molecular weight excluding hydrogens is 366 g/mol. The van der Waals surface area contributed by atoms with E-state index in [4.69, 9.17) is 14.6 Å². The molecule has 2 heterocycles. The number of unbranched alkanes of at least 4 members (excludes halogenated alkanes) is 1. The molecule has 1 N–H and O–H groups in total. The van der Waals surface area contributed by atoms with Gasteiger partial charge in [0.1, 0.15) is 5.82 Å². The zero-order valence-electron chi connectivity index (χ0n) is 18.0. The number of carbonyl (C=O) groups is 1. The largest absolute Gasteiger partial charge is 0.527 e. The Balaban J connectivity index is 1.52. The Morgan fingerprint density at radius 2 is 1.90 bits per heavy atom. The summed E-state index contributed by atoms with van der Waals surface area (Å²) in [6.07, 6.45) is 5.00. The van der Waals surface area contributed by atoms with E-state index < -0.39 is 6.16 Å². The molecule has 0 bridgehead atoms. The highest BCUT2D eigenvalue weighted by molar-refractivity contribution is 5.60. The Labute approximate surface area is 173 Å². The summed E-state index contributed by atoms with van der Waals surface area (Å²) in [5.74, 6) is 1.35. The van der Waals surface area contributed by atoms with Gasteiger partial charge < -0.3 is 14.6 Å². The van der Waals surface area contributed by atoms with Crippen LogP contribution in [0.1, 0.15) is 70.7 Å². The first-order chi connectivity index (χ1) is 13.9. The van der Waals surface area contributed by atoms with E-state index in [0.717, 1.165) is 42.8 Å². The molecule has 1 aromatic heterocycles. The first kappa shape index (κ1) is 21.4. The van der Waals surface area contributed by atoms with Crippen LogP contribution in [0.25, 0.3) is 11.3 Å². The lowest BCUT2D eigenvalue weighted by atomic mass is 9.86. The molecule has 0 unspecified atom stereocenters. The summed E-state index contributed by atoms with van der Waals surface area (Å²) in [6, 6.07) is 8.64. The minimum atomic E-state index is -0.601. The highest BCUT2D eigenvalue weighted by atomic mass is 16.8. The number of hydrogen-bond donors (Lipinski definition) is 1. The van der Waals surface area contributed by atoms with Crippen molar-refractivity contribution in [1.29, 1.82) is 0 Å². The van der Waals surface area contributed by atoms with E-state index in [1.54, 1.807) is 5.06 Å². The maximum absolute atomic E-state index is 11.7. The van der Waals surface area contributed by atoms with Crippen LogP contribution in [-0.2, 0) is 15.0 Å². The summed E-state index contributed by atoms with van der Waals surface area (Å²) in [6.45, 7) is 10.5. The van der Waals surface area contributed by atoms with Crippen LogP contribution in [0.15, 0.2) is 30.5 Å². The Kier molecular flexibility index (Phi) is 6.96. The Morgan fingerprint density at radius 3 is 2.52 bits per heavy atom. The standard InChI is InChI=1S/C23H33N3O3/c1-5-6-15-28-22(27)29-26-13-11-18(12-14-26)21-24-16-20(25-21)17-7-9-19(10-8-17)23(2,3)4/h7-10,16,18H,5-6,11-15H2,1-4H3,(H,24,25). The topological polar surface area (TPSA) is 67.5 Å². The molecule has 158 valence electrons. The fourth-order valence-electron chi connectivity index (χ4n) is 3.49. The number of imidazole rings is 1. The summed E-state index contributed by atoms with van der Waals surface area (Å²) in [5.41, 5.74) is 3.56. The van der Waals surface area contributed by atoms with Crippen molar-refractivity contribution < 1.29 is 14.4 Å². The molecule has 6 heteroatoms. The lowest BCUT2D eigenvalue weighted by molar-refractivity contribution is -0.139. The molecule has 0 spiro atoms. The molecule has 1 aliphatic rings. The van der Waals surface area contributed by atoms with Gasteiger partial charge in [0.25, 0.3) is 0 Å².